The second-order valence-electron chi connectivity index (χ2n) is 7.19. The number of nitrogens with zero attached hydrogens (tertiary/aromatic N) is 2. The van der Waals surface area contributed by atoms with Crippen molar-refractivity contribution in [2.45, 2.75) is 59.2 Å². The van der Waals surface area contributed by atoms with Gasteiger partial charge in [0.15, 0.2) is 8.24 Å². The van der Waals surface area contributed by atoms with E-state index in [0.29, 0.717) is 12.1 Å². The molecule has 0 saturated carbocycles. The number of anilines is 1. The number of hydrogen-bond donors (Lipinski definition) is 1. The lowest BCUT2D eigenvalue weighted by molar-refractivity contribution is -0.116. The molecule has 1 aliphatic heterocycles. The van der Waals surface area contributed by atoms with Gasteiger partial charge in [0.25, 0.3) is 0 Å². The molecule has 2 heterocycles. The van der Waals surface area contributed by atoms with E-state index in [9.17, 15) is 9.90 Å². The summed E-state index contributed by atoms with van der Waals surface area (Å²) < 4.78 is 1.95. The Morgan fingerprint density at radius 3 is 2.30 bits per heavy atom. The van der Waals surface area contributed by atoms with E-state index in [1.165, 1.54) is 0 Å². The SMILES string of the molecule is Cc1nc2c(c(C)c1O)CC(=O)N2[Si](C)(C)C(C)(C)C. The maximum atomic E-state index is 12.5. The largest absolute Gasteiger partial charge is 0.506 e. The van der Waals surface area contributed by atoms with Crippen molar-refractivity contribution in [2.75, 3.05) is 4.57 Å². The van der Waals surface area contributed by atoms with Crippen LogP contribution in [0.1, 0.15) is 37.6 Å². The second kappa shape index (κ2) is 4.31. The summed E-state index contributed by atoms with van der Waals surface area (Å²) in [6.45, 7) is 14.6. The number of hydrogen-bond acceptors (Lipinski definition) is 3. The fraction of sp³-hybridized carbons (Fsp3) is 0.600. The number of carbonyl (C=O) groups is 1. The van der Waals surface area contributed by atoms with Crippen LogP contribution in [-0.2, 0) is 11.2 Å². The quantitative estimate of drug-likeness (QED) is 0.808. The first-order valence-electron chi connectivity index (χ1n) is 7.00. The third-order valence-corrected chi connectivity index (χ3v) is 10.1. The highest BCUT2D eigenvalue weighted by Gasteiger charge is 2.48. The molecule has 1 aliphatic rings. The number of carbonyl (C=O) groups excluding carboxylic acids is 1. The molecule has 1 amide bonds. The molecule has 0 unspecified atom stereocenters. The molecule has 0 saturated heterocycles. The molecule has 0 spiro atoms. The summed E-state index contributed by atoms with van der Waals surface area (Å²) in [7, 11) is -2.01. The molecule has 1 aromatic rings. The van der Waals surface area contributed by atoms with Crippen LogP contribution in [-0.4, -0.2) is 24.2 Å². The molecule has 4 nitrogen and oxygen atoms in total. The van der Waals surface area contributed by atoms with Crippen LogP contribution in [0.15, 0.2) is 0 Å². The normalized spacial score (nSPS) is 15.8. The molecule has 0 bridgehead atoms. The van der Waals surface area contributed by atoms with Gasteiger partial charge in [0, 0.05) is 11.1 Å². The van der Waals surface area contributed by atoms with Crippen LogP contribution in [0.2, 0.25) is 18.1 Å². The van der Waals surface area contributed by atoms with Gasteiger partial charge in [0.05, 0.1) is 12.1 Å². The zero-order valence-corrected chi connectivity index (χ0v) is 14.5. The second-order valence-corrected chi connectivity index (χ2v) is 12.3. The van der Waals surface area contributed by atoms with Crippen molar-refractivity contribution in [3.8, 4) is 5.75 Å². The first-order valence-corrected chi connectivity index (χ1v) is 9.95. The number of aromatic hydroxyl groups is 1. The minimum Gasteiger partial charge on any atom is -0.506 e. The van der Waals surface area contributed by atoms with Gasteiger partial charge in [-0.1, -0.05) is 33.9 Å². The standard InChI is InChI=1S/C15H24N2O2Si/c1-9-11-8-12(18)17(20(6,7)15(3,4)5)14(11)16-10(2)13(9)19/h19H,8H2,1-7H3. The lowest BCUT2D eigenvalue weighted by Crippen LogP contribution is -2.57. The Labute approximate surface area is 121 Å². The fourth-order valence-corrected chi connectivity index (χ4v) is 4.61. The summed E-state index contributed by atoms with van der Waals surface area (Å²) in [6.07, 6.45) is 0.356. The molecule has 1 aromatic heterocycles. The predicted octanol–water partition coefficient (Wildman–Crippen LogP) is 3.30. The van der Waals surface area contributed by atoms with Gasteiger partial charge in [0.1, 0.15) is 11.6 Å². The summed E-state index contributed by atoms with van der Waals surface area (Å²) in [5.41, 5.74) is 2.28. The molecular formula is C15H24N2O2Si. The van der Waals surface area contributed by atoms with Gasteiger partial charge in [0.2, 0.25) is 5.91 Å². The Hall–Kier alpha value is -1.36. The van der Waals surface area contributed by atoms with Crippen LogP contribution in [0.5, 0.6) is 5.75 Å². The molecule has 1 N–H and O–H groups in total. The average Bonchev–Trinajstić information content (AvgIpc) is 2.62. The summed E-state index contributed by atoms with van der Waals surface area (Å²) in [4.78, 5) is 17.1. The van der Waals surface area contributed by atoms with E-state index in [4.69, 9.17) is 0 Å². The van der Waals surface area contributed by atoms with E-state index in [2.05, 4.69) is 38.8 Å². The molecule has 0 aromatic carbocycles. The molecule has 110 valence electrons. The van der Waals surface area contributed by atoms with Crippen LogP contribution in [0.4, 0.5) is 5.82 Å². The van der Waals surface area contributed by atoms with Crippen LogP contribution in [0.3, 0.4) is 0 Å². The molecule has 0 aliphatic carbocycles. The van der Waals surface area contributed by atoms with Crippen LogP contribution in [0, 0.1) is 13.8 Å². The molecule has 5 heteroatoms. The molecular weight excluding hydrogens is 268 g/mol. The Morgan fingerprint density at radius 1 is 1.25 bits per heavy atom. The molecule has 20 heavy (non-hydrogen) atoms. The summed E-state index contributed by atoms with van der Waals surface area (Å²) in [5.74, 6) is 1.11. The van der Waals surface area contributed by atoms with Crippen LogP contribution >= 0.6 is 0 Å². The summed E-state index contributed by atoms with van der Waals surface area (Å²) >= 11 is 0. The first-order chi connectivity index (χ1) is 8.98. The Morgan fingerprint density at radius 2 is 1.80 bits per heavy atom. The Bertz CT molecular complexity index is 589. The summed E-state index contributed by atoms with van der Waals surface area (Å²) in [5, 5.41) is 10.1. The van der Waals surface area contributed by atoms with Crippen molar-refractivity contribution < 1.29 is 9.90 Å². The van der Waals surface area contributed by atoms with Crippen LogP contribution < -0.4 is 4.57 Å². The fourth-order valence-electron chi connectivity index (χ4n) is 2.52. The third kappa shape index (κ3) is 1.95. The van der Waals surface area contributed by atoms with E-state index < -0.39 is 8.24 Å². The van der Waals surface area contributed by atoms with Gasteiger partial charge >= 0.3 is 0 Å². The smallest absolute Gasteiger partial charge is 0.224 e. The highest BCUT2D eigenvalue weighted by molar-refractivity contribution is 6.86. The Kier molecular flexibility index (Phi) is 3.24. The van der Waals surface area contributed by atoms with E-state index in [1.807, 2.05) is 11.5 Å². The van der Waals surface area contributed by atoms with Gasteiger partial charge in [-0.2, -0.15) is 0 Å². The van der Waals surface area contributed by atoms with Crippen molar-refractivity contribution in [1.82, 2.24) is 4.98 Å². The zero-order valence-electron chi connectivity index (χ0n) is 13.5. The topological polar surface area (TPSA) is 53.4 Å². The number of fused-ring (bicyclic) bond motifs is 1. The lowest BCUT2D eigenvalue weighted by atomic mass is 10.1. The maximum Gasteiger partial charge on any atom is 0.224 e. The van der Waals surface area contributed by atoms with Crippen molar-refractivity contribution in [3.05, 3.63) is 16.8 Å². The molecule has 0 radical (unpaired) electrons. The van der Waals surface area contributed by atoms with Gasteiger partial charge < -0.3 is 9.67 Å². The highest BCUT2D eigenvalue weighted by Crippen LogP contribution is 2.45. The Balaban J connectivity index is 2.66. The number of aryl methyl sites for hydroxylation is 1. The maximum absolute atomic E-state index is 12.5. The van der Waals surface area contributed by atoms with Crippen molar-refractivity contribution in [1.29, 1.82) is 0 Å². The first kappa shape index (κ1) is 15.0. The van der Waals surface area contributed by atoms with Gasteiger partial charge in [-0.05, 0) is 18.9 Å². The minimum atomic E-state index is -2.01. The van der Waals surface area contributed by atoms with E-state index in [0.717, 1.165) is 16.9 Å². The monoisotopic (exact) mass is 292 g/mol. The van der Waals surface area contributed by atoms with E-state index in [-0.39, 0.29) is 16.7 Å². The number of rotatable bonds is 1. The van der Waals surface area contributed by atoms with E-state index >= 15 is 0 Å². The summed E-state index contributed by atoms with van der Waals surface area (Å²) in [6, 6.07) is 0. The van der Waals surface area contributed by atoms with Crippen LogP contribution in [0.25, 0.3) is 0 Å². The number of amides is 1. The average molecular weight is 292 g/mol. The number of pyridine rings is 1. The van der Waals surface area contributed by atoms with E-state index in [1.54, 1.807) is 6.92 Å². The van der Waals surface area contributed by atoms with Crippen molar-refractivity contribution >= 4 is 20.0 Å². The van der Waals surface area contributed by atoms with Gasteiger partial charge in [-0.15, -0.1) is 0 Å². The van der Waals surface area contributed by atoms with Gasteiger partial charge in [-0.25, -0.2) is 4.98 Å². The predicted molar refractivity (Wildman–Crippen MR) is 83.8 cm³/mol. The van der Waals surface area contributed by atoms with Gasteiger partial charge in [-0.3, -0.25) is 4.79 Å². The molecule has 2 rings (SSSR count). The zero-order chi connectivity index (χ0) is 15.5. The highest BCUT2D eigenvalue weighted by atomic mass is 28.3. The minimum absolute atomic E-state index is 0.0612. The lowest BCUT2D eigenvalue weighted by Gasteiger charge is -2.43. The third-order valence-electron chi connectivity index (χ3n) is 4.88. The van der Waals surface area contributed by atoms with Crippen molar-refractivity contribution in [2.24, 2.45) is 0 Å². The molecule has 0 fully saturated rings. The van der Waals surface area contributed by atoms with Crippen molar-refractivity contribution in [3.63, 3.8) is 0 Å². The molecule has 0 atom stereocenters. The number of aromatic nitrogens is 1.